The van der Waals surface area contributed by atoms with E-state index in [9.17, 15) is 9.59 Å². The van der Waals surface area contributed by atoms with Gasteiger partial charge in [0.05, 0.1) is 33.0 Å². The average Bonchev–Trinajstić information content (AvgIpc) is 2.37. The van der Waals surface area contributed by atoms with Gasteiger partial charge in [0.1, 0.15) is 0 Å². The smallest absolute Gasteiger partial charge is 0.330 e. The van der Waals surface area contributed by atoms with E-state index < -0.39 is 11.9 Å². The Morgan fingerprint density at radius 3 is 2.11 bits per heavy atom. The predicted molar refractivity (Wildman–Crippen MR) is 67.8 cm³/mol. The quantitative estimate of drug-likeness (QED) is 0.353. The van der Waals surface area contributed by atoms with Crippen LogP contribution in [0.1, 0.15) is 13.8 Å². The first-order valence-corrected chi connectivity index (χ1v) is 5.92. The molecular weight excluding hydrogens is 256 g/mol. The number of hydrogen-bond acceptors (Lipinski definition) is 6. The molecule has 2 N–H and O–H groups in total. The van der Waals surface area contributed by atoms with Gasteiger partial charge in [-0.05, 0) is 13.8 Å². The normalized spacial score (nSPS) is 9.84. The molecule has 0 rings (SSSR count). The summed E-state index contributed by atoms with van der Waals surface area (Å²) in [6.07, 6.45) is 1.60. The predicted octanol–water partition coefficient (Wildman–Crippen LogP) is 0.222. The molecule has 0 aromatic carbocycles. The third-order valence-electron chi connectivity index (χ3n) is 1.46. The molecule has 0 atom stereocenters. The largest absolute Gasteiger partial charge is 0.478 e. The van der Waals surface area contributed by atoms with Gasteiger partial charge in [-0.2, -0.15) is 0 Å². The van der Waals surface area contributed by atoms with Crippen molar-refractivity contribution in [1.82, 2.24) is 0 Å². The third-order valence-corrected chi connectivity index (χ3v) is 1.46. The number of esters is 1. The molecular formula is C12H22O7. The average molecular weight is 278 g/mol. The monoisotopic (exact) mass is 278 g/mol. The van der Waals surface area contributed by atoms with Crippen molar-refractivity contribution in [3.05, 3.63) is 12.2 Å². The van der Waals surface area contributed by atoms with Crippen LogP contribution < -0.4 is 0 Å². The molecule has 0 aromatic rings. The lowest BCUT2D eigenvalue weighted by molar-refractivity contribution is -0.138. The molecule has 0 aliphatic carbocycles. The van der Waals surface area contributed by atoms with Crippen LogP contribution in [-0.4, -0.2) is 61.8 Å². The molecule has 0 saturated heterocycles. The van der Waals surface area contributed by atoms with Crippen LogP contribution in [-0.2, 0) is 23.8 Å². The van der Waals surface area contributed by atoms with Gasteiger partial charge in [0.2, 0.25) is 0 Å². The van der Waals surface area contributed by atoms with Crippen LogP contribution in [0.4, 0.5) is 0 Å². The summed E-state index contributed by atoms with van der Waals surface area (Å²) in [6, 6.07) is 0. The van der Waals surface area contributed by atoms with Gasteiger partial charge in [-0.1, -0.05) is 0 Å². The van der Waals surface area contributed by atoms with E-state index >= 15 is 0 Å². The Bertz CT molecular complexity index is 244. The van der Waals surface area contributed by atoms with Gasteiger partial charge < -0.3 is 24.4 Å². The van der Waals surface area contributed by atoms with Crippen molar-refractivity contribution in [3.8, 4) is 0 Å². The second kappa shape index (κ2) is 16.6. The zero-order valence-corrected chi connectivity index (χ0v) is 11.3. The van der Waals surface area contributed by atoms with Crippen LogP contribution in [0.2, 0.25) is 0 Å². The number of carboxylic acids is 1. The van der Waals surface area contributed by atoms with Crippen LogP contribution >= 0.6 is 0 Å². The van der Waals surface area contributed by atoms with Crippen molar-refractivity contribution < 1.29 is 34.0 Å². The van der Waals surface area contributed by atoms with Gasteiger partial charge in [0.25, 0.3) is 0 Å². The maximum atomic E-state index is 10.4. The summed E-state index contributed by atoms with van der Waals surface area (Å²) < 4.78 is 14.3. The van der Waals surface area contributed by atoms with Crippen molar-refractivity contribution in [2.75, 3.05) is 39.6 Å². The van der Waals surface area contributed by atoms with E-state index in [-0.39, 0.29) is 13.2 Å². The topological polar surface area (TPSA) is 102 Å². The Morgan fingerprint density at radius 1 is 1.00 bits per heavy atom. The Balaban J connectivity index is 0. The number of rotatable bonds is 9. The van der Waals surface area contributed by atoms with E-state index in [4.69, 9.17) is 19.7 Å². The highest BCUT2D eigenvalue weighted by molar-refractivity contribution is 5.90. The minimum atomic E-state index is -1.16. The number of carboxylic acid groups (broad SMARTS) is 1. The lowest BCUT2D eigenvalue weighted by Gasteiger charge is -2.00. The van der Waals surface area contributed by atoms with E-state index in [0.29, 0.717) is 19.8 Å². The maximum absolute atomic E-state index is 10.4. The van der Waals surface area contributed by atoms with Gasteiger partial charge in [-0.25, -0.2) is 9.59 Å². The second-order valence-corrected chi connectivity index (χ2v) is 2.96. The summed E-state index contributed by atoms with van der Waals surface area (Å²) in [5.41, 5.74) is 0. The Kier molecular flexibility index (Phi) is 17.3. The number of hydrogen-bond donors (Lipinski definition) is 2. The highest BCUT2D eigenvalue weighted by Crippen LogP contribution is 1.80. The van der Waals surface area contributed by atoms with Crippen molar-refractivity contribution in [2.24, 2.45) is 0 Å². The SMILES string of the molecule is CCOC(=O)/C=C\C(=O)O.CCOCCOCCO. The fraction of sp³-hybridized carbons (Fsp3) is 0.667. The van der Waals surface area contributed by atoms with Crippen molar-refractivity contribution in [3.63, 3.8) is 0 Å². The van der Waals surface area contributed by atoms with E-state index in [1.54, 1.807) is 6.92 Å². The fourth-order valence-electron chi connectivity index (χ4n) is 0.759. The van der Waals surface area contributed by atoms with Crippen LogP contribution in [0.25, 0.3) is 0 Å². The molecule has 0 saturated carbocycles. The van der Waals surface area contributed by atoms with Crippen LogP contribution in [0, 0.1) is 0 Å². The summed E-state index contributed by atoms with van der Waals surface area (Å²) >= 11 is 0. The Morgan fingerprint density at radius 2 is 1.63 bits per heavy atom. The molecule has 0 aromatic heterocycles. The lowest BCUT2D eigenvalue weighted by atomic mass is 10.5. The molecule has 0 bridgehead atoms. The zero-order chi connectivity index (χ0) is 14.9. The van der Waals surface area contributed by atoms with Gasteiger partial charge in [0.15, 0.2) is 0 Å². The van der Waals surface area contributed by atoms with Crippen molar-refractivity contribution in [2.45, 2.75) is 13.8 Å². The van der Waals surface area contributed by atoms with E-state index in [0.717, 1.165) is 18.8 Å². The molecule has 0 heterocycles. The molecule has 19 heavy (non-hydrogen) atoms. The van der Waals surface area contributed by atoms with Crippen LogP contribution in [0.15, 0.2) is 12.2 Å². The van der Waals surface area contributed by atoms with Crippen LogP contribution in [0.3, 0.4) is 0 Å². The van der Waals surface area contributed by atoms with Crippen molar-refractivity contribution in [1.29, 1.82) is 0 Å². The van der Waals surface area contributed by atoms with E-state index in [1.807, 2.05) is 6.92 Å². The molecule has 7 heteroatoms. The third kappa shape index (κ3) is 22.3. The lowest BCUT2D eigenvalue weighted by Crippen LogP contribution is -2.06. The fourth-order valence-corrected chi connectivity index (χ4v) is 0.759. The minimum Gasteiger partial charge on any atom is -0.478 e. The summed E-state index contributed by atoms with van der Waals surface area (Å²) in [6.45, 7) is 6.26. The Labute approximate surface area is 112 Å². The summed E-state index contributed by atoms with van der Waals surface area (Å²) in [5, 5.41) is 16.3. The van der Waals surface area contributed by atoms with Crippen LogP contribution in [0.5, 0.6) is 0 Å². The first kappa shape index (κ1) is 19.9. The summed E-state index contributed by atoms with van der Waals surface area (Å²) in [4.78, 5) is 20.2. The van der Waals surface area contributed by atoms with Gasteiger partial charge in [0, 0.05) is 18.8 Å². The van der Waals surface area contributed by atoms with Gasteiger partial charge in [-0.15, -0.1) is 0 Å². The molecule has 0 aliphatic rings. The number of carbonyl (C=O) groups excluding carboxylic acids is 1. The molecule has 0 spiro atoms. The molecule has 112 valence electrons. The molecule has 0 fully saturated rings. The first-order chi connectivity index (χ1) is 9.08. The molecule has 7 nitrogen and oxygen atoms in total. The maximum Gasteiger partial charge on any atom is 0.330 e. The highest BCUT2D eigenvalue weighted by atomic mass is 16.5. The Hall–Kier alpha value is -1.44. The molecule has 0 unspecified atom stereocenters. The summed E-state index contributed by atoms with van der Waals surface area (Å²) in [7, 11) is 0. The van der Waals surface area contributed by atoms with E-state index in [1.165, 1.54) is 0 Å². The molecule has 0 radical (unpaired) electrons. The van der Waals surface area contributed by atoms with Crippen molar-refractivity contribution >= 4 is 11.9 Å². The first-order valence-electron chi connectivity index (χ1n) is 5.92. The molecule has 0 aliphatic heterocycles. The minimum absolute atomic E-state index is 0.0894. The summed E-state index contributed by atoms with van der Waals surface area (Å²) in [5.74, 6) is -1.79. The van der Waals surface area contributed by atoms with Gasteiger partial charge in [-0.3, -0.25) is 0 Å². The standard InChI is InChI=1S/C6H8O4.C6H14O3/c1-2-10-6(9)4-3-5(7)8;1-2-8-5-6-9-4-3-7/h3-4H,2H2,1H3,(H,7,8);7H,2-6H2,1H3/b4-3-;. The number of aliphatic hydroxyl groups is 1. The highest BCUT2D eigenvalue weighted by Gasteiger charge is 1.94. The zero-order valence-electron chi connectivity index (χ0n) is 11.3. The number of carbonyl (C=O) groups is 2. The number of aliphatic hydroxyl groups excluding tert-OH is 1. The number of ether oxygens (including phenoxy) is 3. The van der Waals surface area contributed by atoms with E-state index in [2.05, 4.69) is 4.74 Å². The molecule has 0 amide bonds. The van der Waals surface area contributed by atoms with Gasteiger partial charge >= 0.3 is 11.9 Å². The second-order valence-electron chi connectivity index (χ2n) is 2.96. The number of aliphatic carboxylic acids is 1.